The van der Waals surface area contributed by atoms with Crippen molar-refractivity contribution in [1.29, 1.82) is 0 Å². The van der Waals surface area contributed by atoms with E-state index in [2.05, 4.69) is 31.2 Å². The fraction of sp³-hybridized carbons (Fsp3) is 0.0667. The average Bonchev–Trinajstić information content (AvgIpc) is 2.52. The molecule has 1 aliphatic rings. The number of nitrogens with one attached hydrogen (secondary N) is 1. The van der Waals surface area contributed by atoms with Crippen LogP contribution in [0.2, 0.25) is 5.02 Å². The summed E-state index contributed by atoms with van der Waals surface area (Å²) >= 11 is 9.16. The molecule has 0 saturated carbocycles. The summed E-state index contributed by atoms with van der Waals surface area (Å²) in [6, 6.07) is 5.27. The number of rotatable bonds is 2. The summed E-state index contributed by atoms with van der Waals surface area (Å²) in [6.07, 6.45) is 2.58. The van der Waals surface area contributed by atoms with E-state index in [1.54, 1.807) is 12.1 Å². The molecule has 0 aliphatic heterocycles. The molecule has 0 spiro atoms. The number of ketones is 2. The SMILES string of the molecule is Cc1ccc(Cl)cc1NC1=C(Br)C(=O)c2ncncc2C1=O. The maximum atomic E-state index is 12.6. The van der Waals surface area contributed by atoms with Gasteiger partial charge < -0.3 is 5.32 Å². The van der Waals surface area contributed by atoms with Gasteiger partial charge in [-0.15, -0.1) is 0 Å². The monoisotopic (exact) mass is 377 g/mol. The third-order valence-corrected chi connectivity index (χ3v) is 4.27. The topological polar surface area (TPSA) is 72.0 Å². The van der Waals surface area contributed by atoms with Gasteiger partial charge in [0.25, 0.3) is 0 Å². The van der Waals surface area contributed by atoms with Crippen molar-refractivity contribution in [3.8, 4) is 0 Å². The van der Waals surface area contributed by atoms with Gasteiger partial charge in [0, 0.05) is 16.9 Å². The number of carbonyl (C=O) groups excluding carboxylic acids is 2. The molecule has 7 heteroatoms. The molecule has 1 aliphatic carbocycles. The number of aromatic nitrogens is 2. The number of Topliss-reactive ketones (excluding diaryl/α,β-unsaturated/α-hetero) is 2. The van der Waals surface area contributed by atoms with Crippen molar-refractivity contribution in [3.63, 3.8) is 0 Å². The molecular formula is C15H9BrClN3O2. The molecule has 0 fully saturated rings. The second-order valence-corrected chi connectivity index (χ2v) is 5.95. The first kappa shape index (κ1) is 14.9. The van der Waals surface area contributed by atoms with Crippen LogP contribution in [0.1, 0.15) is 26.4 Å². The maximum absolute atomic E-state index is 12.6. The van der Waals surface area contributed by atoms with Crippen molar-refractivity contribution >= 4 is 44.8 Å². The number of nitrogens with zero attached hydrogens (tertiary/aromatic N) is 2. The molecule has 1 heterocycles. The highest BCUT2D eigenvalue weighted by Crippen LogP contribution is 2.30. The van der Waals surface area contributed by atoms with Crippen LogP contribution < -0.4 is 5.32 Å². The molecular weight excluding hydrogens is 370 g/mol. The Balaban J connectivity index is 2.07. The lowest BCUT2D eigenvalue weighted by molar-refractivity contribution is 0.0979. The van der Waals surface area contributed by atoms with Crippen molar-refractivity contribution in [2.45, 2.75) is 6.92 Å². The lowest BCUT2D eigenvalue weighted by Gasteiger charge is -2.19. The quantitative estimate of drug-likeness (QED) is 0.865. The number of halogens is 2. The maximum Gasteiger partial charge on any atom is 0.221 e. The molecule has 110 valence electrons. The van der Waals surface area contributed by atoms with Crippen LogP contribution in [-0.2, 0) is 0 Å². The van der Waals surface area contributed by atoms with Gasteiger partial charge in [-0.1, -0.05) is 17.7 Å². The zero-order valence-electron chi connectivity index (χ0n) is 11.4. The van der Waals surface area contributed by atoms with Crippen LogP contribution in [0.5, 0.6) is 0 Å². The van der Waals surface area contributed by atoms with Crippen molar-refractivity contribution in [3.05, 3.63) is 62.7 Å². The Bertz CT molecular complexity index is 848. The van der Waals surface area contributed by atoms with Crippen LogP contribution in [0.4, 0.5) is 5.69 Å². The minimum atomic E-state index is -0.362. The summed E-state index contributed by atoms with van der Waals surface area (Å²) in [5.74, 6) is -0.708. The molecule has 1 N–H and O–H groups in total. The first-order valence-corrected chi connectivity index (χ1v) is 7.48. The van der Waals surface area contributed by atoms with Gasteiger partial charge >= 0.3 is 0 Å². The number of carbonyl (C=O) groups is 2. The standard InChI is InChI=1S/C15H9BrClN3O2/c1-7-2-3-8(17)4-10(7)20-13-11(16)15(22)12-9(14(13)21)5-18-6-19-12/h2-6,20H,1H3. The Labute approximate surface area is 139 Å². The molecule has 0 bridgehead atoms. The number of hydrogen-bond acceptors (Lipinski definition) is 5. The lowest BCUT2D eigenvalue weighted by atomic mass is 9.98. The number of anilines is 1. The fourth-order valence-corrected chi connectivity index (χ4v) is 2.74. The van der Waals surface area contributed by atoms with Crippen LogP contribution >= 0.6 is 27.5 Å². The normalized spacial score (nSPS) is 14.1. The summed E-state index contributed by atoms with van der Waals surface area (Å²) in [5.41, 5.74) is 1.98. The molecule has 0 radical (unpaired) electrons. The molecule has 0 saturated heterocycles. The molecule has 0 unspecified atom stereocenters. The predicted octanol–water partition coefficient (Wildman–Crippen LogP) is 3.54. The summed E-state index contributed by atoms with van der Waals surface area (Å²) in [7, 11) is 0. The highest BCUT2D eigenvalue weighted by Gasteiger charge is 2.32. The molecule has 0 atom stereocenters. The van der Waals surface area contributed by atoms with E-state index in [4.69, 9.17) is 11.6 Å². The number of allylic oxidation sites excluding steroid dienone is 2. The van der Waals surface area contributed by atoms with Crippen molar-refractivity contribution in [1.82, 2.24) is 9.97 Å². The molecule has 2 aromatic rings. The van der Waals surface area contributed by atoms with Gasteiger partial charge in [-0.3, -0.25) is 9.59 Å². The smallest absolute Gasteiger partial charge is 0.221 e. The largest absolute Gasteiger partial charge is 0.351 e. The Morgan fingerprint density at radius 1 is 1.23 bits per heavy atom. The predicted molar refractivity (Wildman–Crippen MR) is 86.5 cm³/mol. The highest BCUT2D eigenvalue weighted by atomic mass is 79.9. The van der Waals surface area contributed by atoms with Crippen LogP contribution in [0.3, 0.4) is 0 Å². The second kappa shape index (κ2) is 5.62. The van der Waals surface area contributed by atoms with E-state index in [9.17, 15) is 9.59 Å². The second-order valence-electron chi connectivity index (χ2n) is 4.72. The fourth-order valence-electron chi connectivity index (χ4n) is 2.10. The van der Waals surface area contributed by atoms with Crippen molar-refractivity contribution in [2.75, 3.05) is 5.32 Å². The minimum absolute atomic E-state index is 0.0974. The van der Waals surface area contributed by atoms with Gasteiger partial charge in [0.1, 0.15) is 17.7 Å². The van der Waals surface area contributed by atoms with E-state index >= 15 is 0 Å². The van der Waals surface area contributed by atoms with Crippen LogP contribution in [0.25, 0.3) is 0 Å². The van der Waals surface area contributed by atoms with Crippen LogP contribution in [0.15, 0.2) is 40.9 Å². The van der Waals surface area contributed by atoms with E-state index in [0.717, 1.165) is 5.56 Å². The zero-order valence-corrected chi connectivity index (χ0v) is 13.7. The van der Waals surface area contributed by atoms with E-state index in [-0.39, 0.29) is 33.0 Å². The van der Waals surface area contributed by atoms with Crippen molar-refractivity contribution < 1.29 is 9.59 Å². The third-order valence-electron chi connectivity index (χ3n) is 3.28. The third kappa shape index (κ3) is 2.44. The Kier molecular flexibility index (Phi) is 3.80. The van der Waals surface area contributed by atoms with Gasteiger partial charge in [0.2, 0.25) is 11.6 Å². The van der Waals surface area contributed by atoms with E-state index < -0.39 is 0 Å². The summed E-state index contributed by atoms with van der Waals surface area (Å²) in [6.45, 7) is 1.87. The first-order valence-electron chi connectivity index (χ1n) is 6.31. The number of benzene rings is 1. The summed E-state index contributed by atoms with van der Waals surface area (Å²) in [5, 5.41) is 3.51. The molecule has 5 nitrogen and oxygen atoms in total. The van der Waals surface area contributed by atoms with Gasteiger partial charge in [0.05, 0.1) is 10.0 Å². The lowest BCUT2D eigenvalue weighted by Crippen LogP contribution is -2.25. The first-order chi connectivity index (χ1) is 10.5. The molecule has 0 amide bonds. The number of hydrogen-bond donors (Lipinski definition) is 1. The highest BCUT2D eigenvalue weighted by molar-refractivity contribution is 9.12. The van der Waals surface area contributed by atoms with Crippen molar-refractivity contribution in [2.24, 2.45) is 0 Å². The summed E-state index contributed by atoms with van der Waals surface area (Å²) < 4.78 is 0.142. The summed E-state index contributed by atoms with van der Waals surface area (Å²) in [4.78, 5) is 32.5. The molecule has 1 aromatic heterocycles. The average molecular weight is 379 g/mol. The van der Waals surface area contributed by atoms with Gasteiger partial charge in [-0.2, -0.15) is 0 Å². The Morgan fingerprint density at radius 2 is 2.00 bits per heavy atom. The Morgan fingerprint density at radius 3 is 2.77 bits per heavy atom. The number of aryl methyl sites for hydroxylation is 1. The van der Waals surface area contributed by atoms with Crippen LogP contribution in [-0.4, -0.2) is 21.5 Å². The minimum Gasteiger partial charge on any atom is -0.351 e. The zero-order chi connectivity index (χ0) is 15.9. The molecule has 1 aromatic carbocycles. The van der Waals surface area contributed by atoms with Gasteiger partial charge in [-0.05, 0) is 40.5 Å². The van der Waals surface area contributed by atoms with Gasteiger partial charge in [0.15, 0.2) is 0 Å². The number of fused-ring (bicyclic) bond motifs is 1. The van der Waals surface area contributed by atoms with E-state index in [0.29, 0.717) is 10.7 Å². The van der Waals surface area contributed by atoms with Crippen LogP contribution in [0, 0.1) is 6.92 Å². The Hall–Kier alpha value is -2.05. The van der Waals surface area contributed by atoms with E-state index in [1.165, 1.54) is 12.5 Å². The molecule has 3 rings (SSSR count). The molecule has 22 heavy (non-hydrogen) atoms. The van der Waals surface area contributed by atoms with E-state index in [1.807, 2.05) is 13.0 Å². The van der Waals surface area contributed by atoms with Gasteiger partial charge in [-0.25, -0.2) is 9.97 Å².